The van der Waals surface area contributed by atoms with E-state index in [1.54, 1.807) is 7.11 Å². The molecule has 0 saturated heterocycles. The summed E-state index contributed by atoms with van der Waals surface area (Å²) in [5.74, 6) is 0. The number of nitrogens with one attached hydrogen (secondary N) is 1. The number of fused-ring (bicyclic) bond motifs is 1. The number of ether oxygens (including phenoxy) is 1. The predicted octanol–water partition coefficient (Wildman–Crippen LogP) is 1.76. The molecule has 0 radical (unpaired) electrons. The van der Waals surface area contributed by atoms with E-state index in [1.807, 2.05) is 11.3 Å². The molecule has 0 spiro atoms. The second-order valence-electron chi connectivity index (χ2n) is 3.85. The molecule has 0 unspecified atom stereocenters. The summed E-state index contributed by atoms with van der Waals surface area (Å²) in [6.07, 6.45) is 4.81. The van der Waals surface area contributed by atoms with Gasteiger partial charge in [0.1, 0.15) is 5.01 Å². The van der Waals surface area contributed by atoms with E-state index in [2.05, 4.69) is 10.3 Å². The molecule has 15 heavy (non-hydrogen) atoms. The molecule has 1 heterocycles. The molecule has 1 aromatic rings. The van der Waals surface area contributed by atoms with Crippen molar-refractivity contribution in [3.05, 3.63) is 15.6 Å². The minimum absolute atomic E-state index is 0.835. The lowest BCUT2D eigenvalue weighted by Crippen LogP contribution is -2.16. The molecule has 0 aromatic carbocycles. The van der Waals surface area contributed by atoms with Gasteiger partial charge in [-0.3, -0.25) is 0 Å². The summed E-state index contributed by atoms with van der Waals surface area (Å²) < 4.78 is 4.99. The molecule has 0 fully saturated rings. The molecule has 2 rings (SSSR count). The van der Waals surface area contributed by atoms with Crippen molar-refractivity contribution in [2.75, 3.05) is 20.3 Å². The van der Waals surface area contributed by atoms with Crippen LogP contribution in [0.2, 0.25) is 0 Å². The van der Waals surface area contributed by atoms with Crippen LogP contribution < -0.4 is 5.32 Å². The van der Waals surface area contributed by atoms with E-state index in [9.17, 15) is 0 Å². The van der Waals surface area contributed by atoms with Crippen LogP contribution in [0.5, 0.6) is 0 Å². The van der Waals surface area contributed by atoms with E-state index in [4.69, 9.17) is 4.74 Å². The van der Waals surface area contributed by atoms with Crippen molar-refractivity contribution < 1.29 is 4.74 Å². The van der Waals surface area contributed by atoms with E-state index in [-0.39, 0.29) is 0 Å². The average molecular weight is 226 g/mol. The Morgan fingerprint density at radius 3 is 3.20 bits per heavy atom. The first-order chi connectivity index (χ1) is 7.40. The van der Waals surface area contributed by atoms with Gasteiger partial charge in [-0.25, -0.2) is 4.98 Å². The first kappa shape index (κ1) is 11.0. The second-order valence-corrected chi connectivity index (χ2v) is 5.02. The molecule has 1 aliphatic rings. The number of aryl methyl sites for hydroxylation is 2. The Kier molecular flexibility index (Phi) is 4.11. The molecule has 0 aliphatic heterocycles. The molecule has 1 N–H and O–H groups in total. The molecule has 0 saturated carbocycles. The van der Waals surface area contributed by atoms with Crippen LogP contribution in [0.3, 0.4) is 0 Å². The zero-order valence-electron chi connectivity index (χ0n) is 9.21. The number of hydrogen-bond acceptors (Lipinski definition) is 4. The van der Waals surface area contributed by atoms with E-state index >= 15 is 0 Å². The van der Waals surface area contributed by atoms with Gasteiger partial charge in [0.2, 0.25) is 0 Å². The highest BCUT2D eigenvalue weighted by Gasteiger charge is 2.15. The normalized spacial score (nSPS) is 14.5. The fourth-order valence-electron chi connectivity index (χ4n) is 1.86. The largest absolute Gasteiger partial charge is 0.385 e. The zero-order chi connectivity index (χ0) is 10.5. The number of aromatic nitrogens is 1. The summed E-state index contributed by atoms with van der Waals surface area (Å²) in [4.78, 5) is 6.15. The van der Waals surface area contributed by atoms with Crippen molar-refractivity contribution >= 4 is 11.3 Å². The predicted molar refractivity (Wildman–Crippen MR) is 62.3 cm³/mol. The van der Waals surface area contributed by atoms with Crippen molar-refractivity contribution in [1.29, 1.82) is 0 Å². The average Bonchev–Trinajstić information content (AvgIpc) is 2.77. The van der Waals surface area contributed by atoms with E-state index in [0.29, 0.717) is 0 Å². The molecular formula is C11H18N2OS. The Balaban J connectivity index is 1.70. The van der Waals surface area contributed by atoms with Gasteiger partial charge in [-0.15, -0.1) is 11.3 Å². The lowest BCUT2D eigenvalue weighted by molar-refractivity contribution is 0.194. The van der Waals surface area contributed by atoms with Crippen LogP contribution >= 0.6 is 11.3 Å². The first-order valence-electron chi connectivity index (χ1n) is 5.57. The van der Waals surface area contributed by atoms with Crippen LogP contribution in [0.25, 0.3) is 0 Å². The summed E-state index contributed by atoms with van der Waals surface area (Å²) in [7, 11) is 1.74. The molecule has 1 aromatic heterocycles. The molecule has 4 heteroatoms. The number of nitrogens with zero attached hydrogens (tertiary/aromatic N) is 1. The van der Waals surface area contributed by atoms with Crippen LogP contribution in [0.4, 0.5) is 0 Å². The highest BCUT2D eigenvalue weighted by molar-refractivity contribution is 7.11. The molecule has 1 aliphatic carbocycles. The van der Waals surface area contributed by atoms with Gasteiger partial charge in [0.05, 0.1) is 5.69 Å². The SMILES string of the molecule is COCCCNCc1nc2c(s1)CCC2. The van der Waals surface area contributed by atoms with Crippen LogP contribution in [-0.2, 0) is 24.1 Å². The summed E-state index contributed by atoms with van der Waals surface area (Å²) in [5.41, 5.74) is 1.36. The Labute approximate surface area is 94.9 Å². The number of methoxy groups -OCH3 is 1. The minimum atomic E-state index is 0.835. The molecule has 0 bridgehead atoms. The third-order valence-electron chi connectivity index (χ3n) is 2.62. The first-order valence-corrected chi connectivity index (χ1v) is 6.39. The van der Waals surface area contributed by atoms with Gasteiger partial charge >= 0.3 is 0 Å². The zero-order valence-corrected chi connectivity index (χ0v) is 10.0. The third kappa shape index (κ3) is 3.00. The van der Waals surface area contributed by atoms with Gasteiger partial charge in [0.15, 0.2) is 0 Å². The van der Waals surface area contributed by atoms with E-state index < -0.39 is 0 Å². The number of thiazole rings is 1. The molecule has 0 atom stereocenters. The van der Waals surface area contributed by atoms with Crippen LogP contribution in [0, 0.1) is 0 Å². The lowest BCUT2D eigenvalue weighted by Gasteiger charge is -2.01. The lowest BCUT2D eigenvalue weighted by atomic mass is 10.4. The summed E-state index contributed by atoms with van der Waals surface area (Å²) in [6, 6.07) is 0. The Bertz CT molecular complexity index is 290. The molecule has 3 nitrogen and oxygen atoms in total. The molecular weight excluding hydrogens is 208 g/mol. The molecule has 84 valence electrons. The molecule has 0 amide bonds. The topological polar surface area (TPSA) is 34.1 Å². The van der Waals surface area contributed by atoms with Crippen molar-refractivity contribution in [1.82, 2.24) is 10.3 Å². The standard InChI is InChI=1S/C11H18N2OS/c1-14-7-3-6-12-8-11-13-9-4-2-5-10(9)15-11/h12H,2-8H2,1H3. The van der Waals surface area contributed by atoms with Crippen LogP contribution in [0.1, 0.15) is 28.4 Å². The van der Waals surface area contributed by atoms with Crippen molar-refractivity contribution in [3.8, 4) is 0 Å². The highest BCUT2D eigenvalue weighted by Crippen LogP contribution is 2.27. The van der Waals surface area contributed by atoms with Crippen molar-refractivity contribution in [2.45, 2.75) is 32.2 Å². The number of rotatable bonds is 6. The summed E-state index contributed by atoms with van der Waals surface area (Å²) in [6.45, 7) is 2.76. The fraction of sp³-hybridized carbons (Fsp3) is 0.727. The van der Waals surface area contributed by atoms with Gasteiger partial charge in [0, 0.05) is 25.1 Å². The second kappa shape index (κ2) is 5.58. The Morgan fingerprint density at radius 2 is 2.40 bits per heavy atom. The number of hydrogen-bond donors (Lipinski definition) is 1. The highest BCUT2D eigenvalue weighted by atomic mass is 32.1. The van der Waals surface area contributed by atoms with Gasteiger partial charge < -0.3 is 10.1 Å². The van der Waals surface area contributed by atoms with E-state index in [1.165, 1.54) is 34.8 Å². The summed E-state index contributed by atoms with van der Waals surface area (Å²) in [5, 5.41) is 4.64. The fourth-order valence-corrected chi connectivity index (χ4v) is 2.98. The van der Waals surface area contributed by atoms with Gasteiger partial charge in [-0.05, 0) is 32.2 Å². The maximum Gasteiger partial charge on any atom is 0.107 e. The smallest absolute Gasteiger partial charge is 0.107 e. The maximum absolute atomic E-state index is 4.99. The Hall–Kier alpha value is -0.450. The quantitative estimate of drug-likeness (QED) is 0.751. The van der Waals surface area contributed by atoms with Crippen LogP contribution in [-0.4, -0.2) is 25.2 Å². The minimum Gasteiger partial charge on any atom is -0.385 e. The van der Waals surface area contributed by atoms with E-state index in [0.717, 1.165) is 26.1 Å². The van der Waals surface area contributed by atoms with Crippen molar-refractivity contribution in [2.24, 2.45) is 0 Å². The maximum atomic E-state index is 4.99. The van der Waals surface area contributed by atoms with Gasteiger partial charge in [-0.1, -0.05) is 0 Å². The Morgan fingerprint density at radius 1 is 1.47 bits per heavy atom. The third-order valence-corrected chi connectivity index (χ3v) is 3.78. The van der Waals surface area contributed by atoms with Crippen LogP contribution in [0.15, 0.2) is 0 Å². The monoisotopic (exact) mass is 226 g/mol. The van der Waals surface area contributed by atoms with Gasteiger partial charge in [0.25, 0.3) is 0 Å². The van der Waals surface area contributed by atoms with Crippen molar-refractivity contribution in [3.63, 3.8) is 0 Å². The van der Waals surface area contributed by atoms with Gasteiger partial charge in [-0.2, -0.15) is 0 Å². The summed E-state index contributed by atoms with van der Waals surface area (Å²) >= 11 is 1.88.